The third-order valence-electron chi connectivity index (χ3n) is 4.53. The number of benzene rings is 1. The Hall–Kier alpha value is -1.97. The maximum Gasteiger partial charge on any atom is 0.152 e. The number of carbonyl (C=O) groups is 1. The second kappa shape index (κ2) is 9.36. The molecule has 1 aromatic carbocycles. The number of aromatic nitrogens is 1. The van der Waals surface area contributed by atoms with Crippen molar-refractivity contribution in [2.24, 2.45) is 0 Å². The van der Waals surface area contributed by atoms with Gasteiger partial charge in [-0.15, -0.1) is 0 Å². The summed E-state index contributed by atoms with van der Waals surface area (Å²) in [7, 11) is 3.27. The maximum atomic E-state index is 11.4. The largest absolute Gasteiger partial charge is 0.497 e. The van der Waals surface area contributed by atoms with Crippen molar-refractivity contribution in [1.29, 1.82) is 0 Å². The molecule has 0 bridgehead atoms. The molecule has 0 fully saturated rings. The molecule has 24 heavy (non-hydrogen) atoms. The van der Waals surface area contributed by atoms with Gasteiger partial charge in [-0.3, -0.25) is 4.79 Å². The summed E-state index contributed by atoms with van der Waals surface area (Å²) < 4.78 is 13.0. The smallest absolute Gasteiger partial charge is 0.152 e. The molecule has 0 N–H and O–H groups in total. The number of carbonyl (C=O) groups excluding carboxylic acids is 1. The van der Waals surface area contributed by atoms with Gasteiger partial charge in [-0.05, 0) is 6.42 Å². The highest BCUT2D eigenvalue weighted by molar-refractivity contribution is 6.02. The molecule has 0 saturated carbocycles. The van der Waals surface area contributed by atoms with Crippen LogP contribution in [0.3, 0.4) is 0 Å². The highest BCUT2D eigenvalue weighted by atomic mass is 16.5. The fraction of sp³-hybridized carbons (Fsp3) is 0.550. The molecule has 0 radical (unpaired) electrons. The van der Waals surface area contributed by atoms with Gasteiger partial charge in [0.1, 0.15) is 11.5 Å². The predicted molar refractivity (Wildman–Crippen MR) is 98.4 cm³/mol. The number of fused-ring (bicyclic) bond motifs is 1. The van der Waals surface area contributed by atoms with Crippen molar-refractivity contribution >= 4 is 17.2 Å². The summed E-state index contributed by atoms with van der Waals surface area (Å²) in [6.07, 6.45) is 11.7. The molecule has 1 heterocycles. The van der Waals surface area contributed by atoms with Crippen LogP contribution in [0, 0.1) is 0 Å². The lowest BCUT2D eigenvalue weighted by molar-refractivity contribution is 0.112. The molecular formula is C20H29NO3. The van der Waals surface area contributed by atoms with E-state index in [1.807, 2.05) is 18.3 Å². The molecule has 0 aliphatic heterocycles. The summed E-state index contributed by atoms with van der Waals surface area (Å²) in [5.74, 6) is 1.43. The van der Waals surface area contributed by atoms with Gasteiger partial charge in [-0.2, -0.15) is 0 Å². The van der Waals surface area contributed by atoms with Crippen LogP contribution in [0.2, 0.25) is 0 Å². The van der Waals surface area contributed by atoms with Crippen molar-refractivity contribution in [3.05, 3.63) is 23.9 Å². The fourth-order valence-corrected chi connectivity index (χ4v) is 3.19. The summed E-state index contributed by atoms with van der Waals surface area (Å²) in [5, 5.41) is 0.872. The minimum absolute atomic E-state index is 0.674. The highest BCUT2D eigenvalue weighted by Crippen LogP contribution is 2.34. The molecule has 0 atom stereocenters. The predicted octanol–water partition coefficient (Wildman–Crippen LogP) is 5.22. The van der Waals surface area contributed by atoms with Gasteiger partial charge in [0.25, 0.3) is 0 Å². The van der Waals surface area contributed by atoms with Crippen LogP contribution < -0.4 is 9.47 Å². The van der Waals surface area contributed by atoms with E-state index < -0.39 is 0 Å². The van der Waals surface area contributed by atoms with E-state index in [9.17, 15) is 4.79 Å². The van der Waals surface area contributed by atoms with Gasteiger partial charge in [0, 0.05) is 30.4 Å². The van der Waals surface area contributed by atoms with E-state index in [0.717, 1.165) is 35.9 Å². The van der Waals surface area contributed by atoms with E-state index in [1.54, 1.807) is 14.2 Å². The normalized spacial score (nSPS) is 11.0. The van der Waals surface area contributed by atoms with Crippen LogP contribution in [0.25, 0.3) is 10.9 Å². The minimum atomic E-state index is 0.674. The first-order chi connectivity index (χ1) is 11.7. The standard InChI is InChI=1S/C20H29NO3/c1-4-5-6-7-8-9-10-11-21-14-16(15-22)20-18(21)12-17(23-2)13-19(20)24-3/h12-15H,4-11H2,1-3H3. The number of rotatable bonds is 11. The molecule has 0 spiro atoms. The van der Waals surface area contributed by atoms with Crippen molar-refractivity contribution in [3.8, 4) is 11.5 Å². The Morgan fingerprint density at radius 2 is 1.71 bits per heavy atom. The van der Waals surface area contributed by atoms with Crippen molar-refractivity contribution < 1.29 is 14.3 Å². The highest BCUT2D eigenvalue weighted by Gasteiger charge is 2.14. The number of hydrogen-bond donors (Lipinski definition) is 0. The zero-order valence-electron chi connectivity index (χ0n) is 15.1. The second-order valence-corrected chi connectivity index (χ2v) is 6.24. The van der Waals surface area contributed by atoms with Crippen LogP contribution in [0.1, 0.15) is 62.2 Å². The van der Waals surface area contributed by atoms with Gasteiger partial charge >= 0.3 is 0 Å². The molecule has 132 valence electrons. The molecule has 0 saturated heterocycles. The summed E-state index contributed by atoms with van der Waals surface area (Å²) in [6.45, 7) is 3.15. The Labute approximate surface area is 144 Å². The second-order valence-electron chi connectivity index (χ2n) is 6.24. The molecule has 0 amide bonds. The van der Waals surface area contributed by atoms with E-state index >= 15 is 0 Å². The van der Waals surface area contributed by atoms with E-state index in [1.165, 1.54) is 38.5 Å². The van der Waals surface area contributed by atoms with Gasteiger partial charge in [0.15, 0.2) is 6.29 Å². The van der Waals surface area contributed by atoms with Crippen LogP contribution in [0.15, 0.2) is 18.3 Å². The molecule has 0 aliphatic carbocycles. The molecule has 0 aliphatic rings. The Balaban J connectivity index is 2.10. The van der Waals surface area contributed by atoms with Gasteiger partial charge in [-0.25, -0.2) is 0 Å². The van der Waals surface area contributed by atoms with Crippen LogP contribution in [-0.2, 0) is 6.54 Å². The van der Waals surface area contributed by atoms with Crippen LogP contribution in [0.4, 0.5) is 0 Å². The topological polar surface area (TPSA) is 40.5 Å². The zero-order valence-corrected chi connectivity index (χ0v) is 15.1. The summed E-state index contributed by atoms with van der Waals surface area (Å²) >= 11 is 0. The first-order valence-electron chi connectivity index (χ1n) is 8.95. The average Bonchev–Trinajstić information content (AvgIpc) is 2.98. The van der Waals surface area contributed by atoms with Gasteiger partial charge in [-0.1, -0.05) is 45.4 Å². The molecule has 2 rings (SSSR count). The Morgan fingerprint density at radius 3 is 2.33 bits per heavy atom. The maximum absolute atomic E-state index is 11.4. The molecular weight excluding hydrogens is 302 g/mol. The molecule has 2 aromatic rings. The molecule has 4 nitrogen and oxygen atoms in total. The van der Waals surface area contributed by atoms with Crippen molar-refractivity contribution in [2.75, 3.05) is 14.2 Å². The number of ether oxygens (including phenoxy) is 2. The fourth-order valence-electron chi connectivity index (χ4n) is 3.19. The van der Waals surface area contributed by atoms with Crippen LogP contribution >= 0.6 is 0 Å². The quantitative estimate of drug-likeness (QED) is 0.418. The summed E-state index contributed by atoms with van der Waals surface area (Å²) in [6, 6.07) is 3.81. The Bertz CT molecular complexity index is 660. The van der Waals surface area contributed by atoms with Crippen LogP contribution in [-0.4, -0.2) is 25.1 Å². The Kier molecular flexibility index (Phi) is 7.16. The third kappa shape index (κ3) is 4.31. The summed E-state index contributed by atoms with van der Waals surface area (Å²) in [5.41, 5.74) is 1.67. The molecule has 1 aromatic heterocycles. The summed E-state index contributed by atoms with van der Waals surface area (Å²) in [4.78, 5) is 11.4. The van der Waals surface area contributed by atoms with E-state index in [-0.39, 0.29) is 0 Å². The Morgan fingerprint density at radius 1 is 1.00 bits per heavy atom. The number of aldehydes is 1. The van der Waals surface area contributed by atoms with Crippen molar-refractivity contribution in [3.63, 3.8) is 0 Å². The molecule has 0 unspecified atom stereocenters. The van der Waals surface area contributed by atoms with Crippen molar-refractivity contribution in [1.82, 2.24) is 4.57 Å². The average molecular weight is 331 g/mol. The number of nitrogens with zero attached hydrogens (tertiary/aromatic N) is 1. The number of unbranched alkanes of at least 4 members (excludes halogenated alkanes) is 6. The van der Waals surface area contributed by atoms with E-state index in [4.69, 9.17) is 9.47 Å². The monoisotopic (exact) mass is 331 g/mol. The van der Waals surface area contributed by atoms with Gasteiger partial charge in [0.05, 0.1) is 25.1 Å². The number of aryl methyl sites for hydroxylation is 1. The lowest BCUT2D eigenvalue weighted by Crippen LogP contribution is -1.97. The third-order valence-corrected chi connectivity index (χ3v) is 4.53. The van der Waals surface area contributed by atoms with Crippen LogP contribution in [0.5, 0.6) is 11.5 Å². The first-order valence-corrected chi connectivity index (χ1v) is 8.95. The minimum Gasteiger partial charge on any atom is -0.497 e. The lowest BCUT2D eigenvalue weighted by atomic mass is 10.1. The number of methoxy groups -OCH3 is 2. The molecule has 4 heteroatoms. The number of hydrogen-bond acceptors (Lipinski definition) is 3. The zero-order chi connectivity index (χ0) is 17.4. The lowest BCUT2D eigenvalue weighted by Gasteiger charge is -2.09. The van der Waals surface area contributed by atoms with Crippen molar-refractivity contribution in [2.45, 2.75) is 58.4 Å². The van der Waals surface area contributed by atoms with Gasteiger partial charge in [0.2, 0.25) is 0 Å². The van der Waals surface area contributed by atoms with Gasteiger partial charge < -0.3 is 14.0 Å². The first kappa shape index (κ1) is 18.4. The SMILES string of the molecule is CCCCCCCCCn1cc(C=O)c2c(OC)cc(OC)cc21. The van der Waals surface area contributed by atoms with E-state index in [0.29, 0.717) is 11.3 Å². The van der Waals surface area contributed by atoms with E-state index in [2.05, 4.69) is 11.5 Å².